The Morgan fingerprint density at radius 1 is 1.26 bits per heavy atom. The van der Waals surface area contributed by atoms with Crippen molar-refractivity contribution >= 4 is 18.3 Å². The van der Waals surface area contributed by atoms with E-state index in [9.17, 15) is 4.79 Å². The lowest BCUT2D eigenvalue weighted by atomic mass is 9.95. The fraction of sp³-hybridized carbons (Fsp3) is 0.533. The summed E-state index contributed by atoms with van der Waals surface area (Å²) in [5.41, 5.74) is 1.20. The van der Waals surface area contributed by atoms with Gasteiger partial charge in [0.15, 0.2) is 0 Å². The Balaban J connectivity index is 0.00000180. The molecule has 1 aromatic carbocycles. The molecule has 1 heterocycles. The normalized spacial score (nSPS) is 17.4. The van der Waals surface area contributed by atoms with Gasteiger partial charge in [0.1, 0.15) is 0 Å². The lowest BCUT2D eigenvalue weighted by Crippen LogP contribution is -2.40. The van der Waals surface area contributed by atoms with Gasteiger partial charge in [0, 0.05) is 13.0 Å². The number of nitrogens with one attached hydrogen (secondary N) is 1. The van der Waals surface area contributed by atoms with Crippen LogP contribution in [-0.2, 0) is 4.79 Å². The molecule has 0 bridgehead atoms. The zero-order valence-electron chi connectivity index (χ0n) is 11.6. The molecule has 1 amide bonds. The van der Waals surface area contributed by atoms with Crippen molar-refractivity contribution in [1.82, 2.24) is 10.2 Å². The number of nitrogens with zero attached hydrogens (tertiary/aromatic N) is 1. The smallest absolute Gasteiger partial charge is 0.226 e. The molecule has 1 fully saturated rings. The molecular weight excluding hydrogens is 260 g/mol. The molecule has 2 rings (SSSR count). The molecule has 0 radical (unpaired) electrons. The molecule has 0 saturated carbocycles. The van der Waals surface area contributed by atoms with Gasteiger partial charge in [-0.25, -0.2) is 0 Å². The fourth-order valence-electron chi connectivity index (χ4n) is 2.50. The summed E-state index contributed by atoms with van der Waals surface area (Å²) < 4.78 is 0. The van der Waals surface area contributed by atoms with Crippen molar-refractivity contribution in [2.75, 3.05) is 20.1 Å². The number of amides is 1. The maximum absolute atomic E-state index is 12.4. The maximum atomic E-state index is 12.4. The average Bonchev–Trinajstić information content (AvgIpc) is 2.47. The molecule has 106 valence electrons. The minimum Gasteiger partial charge on any atom is -0.339 e. The first-order valence-electron chi connectivity index (χ1n) is 6.72. The molecule has 4 heteroatoms. The molecule has 19 heavy (non-hydrogen) atoms. The van der Waals surface area contributed by atoms with Crippen LogP contribution in [0, 0.1) is 5.92 Å². The van der Waals surface area contributed by atoms with E-state index in [-0.39, 0.29) is 30.3 Å². The van der Waals surface area contributed by atoms with Gasteiger partial charge in [0.25, 0.3) is 0 Å². The quantitative estimate of drug-likeness (QED) is 0.924. The van der Waals surface area contributed by atoms with Gasteiger partial charge in [-0.1, -0.05) is 30.3 Å². The van der Waals surface area contributed by atoms with Crippen molar-refractivity contribution in [3.8, 4) is 0 Å². The molecule has 3 nitrogen and oxygen atoms in total. The SMILES string of the molecule is CC(c1ccccc1)N(C)C(=O)C1CCNCC1.Cl. The molecule has 0 aliphatic carbocycles. The molecule has 1 atom stereocenters. The van der Waals surface area contributed by atoms with E-state index in [0.717, 1.165) is 25.9 Å². The molecule has 1 unspecified atom stereocenters. The van der Waals surface area contributed by atoms with Crippen LogP contribution in [0.4, 0.5) is 0 Å². The molecule has 0 spiro atoms. The first-order chi connectivity index (χ1) is 8.70. The number of halogens is 1. The Bertz CT molecular complexity index is 390. The number of carbonyl (C=O) groups excluding carboxylic acids is 1. The van der Waals surface area contributed by atoms with Crippen LogP contribution in [0.25, 0.3) is 0 Å². The Morgan fingerprint density at radius 3 is 2.42 bits per heavy atom. The summed E-state index contributed by atoms with van der Waals surface area (Å²) in [6, 6.07) is 10.4. The van der Waals surface area contributed by atoms with Crippen LogP contribution in [0.5, 0.6) is 0 Å². The van der Waals surface area contributed by atoms with E-state index in [0.29, 0.717) is 0 Å². The number of rotatable bonds is 3. The fourth-order valence-corrected chi connectivity index (χ4v) is 2.50. The monoisotopic (exact) mass is 282 g/mol. The van der Waals surface area contributed by atoms with E-state index >= 15 is 0 Å². The van der Waals surface area contributed by atoms with Crippen LogP contribution >= 0.6 is 12.4 Å². The van der Waals surface area contributed by atoms with Crippen molar-refractivity contribution < 1.29 is 4.79 Å². The molecule has 1 aliphatic rings. The first kappa shape index (κ1) is 16.0. The second kappa shape index (κ2) is 7.51. The number of benzene rings is 1. The maximum Gasteiger partial charge on any atom is 0.226 e. The van der Waals surface area contributed by atoms with E-state index in [1.165, 1.54) is 5.56 Å². The largest absolute Gasteiger partial charge is 0.339 e. The molecule has 1 aliphatic heterocycles. The highest BCUT2D eigenvalue weighted by Crippen LogP contribution is 2.23. The van der Waals surface area contributed by atoms with Crippen LogP contribution in [-0.4, -0.2) is 30.9 Å². The number of piperidine rings is 1. The van der Waals surface area contributed by atoms with E-state index in [2.05, 4.69) is 24.4 Å². The third-order valence-corrected chi connectivity index (χ3v) is 3.90. The Hall–Kier alpha value is -1.06. The standard InChI is InChI=1S/C15H22N2O.ClH/c1-12(13-6-4-3-5-7-13)17(2)15(18)14-8-10-16-11-9-14;/h3-7,12,14,16H,8-11H2,1-2H3;1H. The molecule has 1 saturated heterocycles. The van der Waals surface area contributed by atoms with Crippen LogP contribution in [0.15, 0.2) is 30.3 Å². The summed E-state index contributed by atoms with van der Waals surface area (Å²) in [6.45, 7) is 4.02. The first-order valence-corrected chi connectivity index (χ1v) is 6.72. The van der Waals surface area contributed by atoms with Crippen LogP contribution in [0.2, 0.25) is 0 Å². The van der Waals surface area contributed by atoms with Crippen molar-refractivity contribution in [2.45, 2.75) is 25.8 Å². The van der Waals surface area contributed by atoms with Gasteiger partial charge >= 0.3 is 0 Å². The predicted molar refractivity (Wildman–Crippen MR) is 80.5 cm³/mol. The van der Waals surface area contributed by atoms with Crippen LogP contribution in [0.3, 0.4) is 0 Å². The van der Waals surface area contributed by atoms with Gasteiger partial charge in [0.2, 0.25) is 5.91 Å². The van der Waals surface area contributed by atoms with Gasteiger partial charge in [-0.2, -0.15) is 0 Å². The third kappa shape index (κ3) is 3.95. The lowest BCUT2D eigenvalue weighted by molar-refractivity contribution is -0.137. The summed E-state index contributed by atoms with van der Waals surface area (Å²) in [7, 11) is 1.92. The van der Waals surface area contributed by atoms with Gasteiger partial charge in [-0.15, -0.1) is 12.4 Å². The Labute approximate surface area is 121 Å². The highest BCUT2D eigenvalue weighted by molar-refractivity contribution is 5.85. The van der Waals surface area contributed by atoms with E-state index in [4.69, 9.17) is 0 Å². The summed E-state index contributed by atoms with van der Waals surface area (Å²) in [4.78, 5) is 14.3. The number of hydrogen-bond donors (Lipinski definition) is 1. The van der Waals surface area contributed by atoms with E-state index in [1.54, 1.807) is 0 Å². The Kier molecular flexibility index (Phi) is 6.32. The Morgan fingerprint density at radius 2 is 1.84 bits per heavy atom. The van der Waals surface area contributed by atoms with Crippen molar-refractivity contribution in [3.63, 3.8) is 0 Å². The summed E-state index contributed by atoms with van der Waals surface area (Å²) in [5.74, 6) is 0.482. The summed E-state index contributed by atoms with van der Waals surface area (Å²) >= 11 is 0. The van der Waals surface area contributed by atoms with Crippen molar-refractivity contribution in [2.24, 2.45) is 5.92 Å². The van der Waals surface area contributed by atoms with Crippen LogP contribution in [0.1, 0.15) is 31.4 Å². The van der Waals surface area contributed by atoms with Crippen LogP contribution < -0.4 is 5.32 Å². The average molecular weight is 283 g/mol. The van der Waals surface area contributed by atoms with Gasteiger partial charge in [-0.3, -0.25) is 4.79 Å². The topological polar surface area (TPSA) is 32.3 Å². The highest BCUT2D eigenvalue weighted by Gasteiger charge is 2.26. The van der Waals surface area contributed by atoms with Gasteiger partial charge in [-0.05, 0) is 38.4 Å². The summed E-state index contributed by atoms with van der Waals surface area (Å²) in [6.07, 6.45) is 1.93. The van der Waals surface area contributed by atoms with Crippen molar-refractivity contribution in [3.05, 3.63) is 35.9 Å². The summed E-state index contributed by atoms with van der Waals surface area (Å²) in [5, 5.41) is 3.30. The molecule has 1 N–H and O–H groups in total. The van der Waals surface area contributed by atoms with Gasteiger partial charge in [0.05, 0.1) is 6.04 Å². The van der Waals surface area contributed by atoms with Crippen molar-refractivity contribution in [1.29, 1.82) is 0 Å². The second-order valence-electron chi connectivity index (χ2n) is 5.06. The van der Waals surface area contributed by atoms with E-state index < -0.39 is 0 Å². The third-order valence-electron chi connectivity index (χ3n) is 3.90. The minimum atomic E-state index is 0. The predicted octanol–water partition coefficient (Wildman–Crippen LogP) is 2.63. The second-order valence-corrected chi connectivity index (χ2v) is 5.06. The molecule has 1 aromatic rings. The lowest BCUT2D eigenvalue weighted by Gasteiger charge is -2.31. The zero-order valence-corrected chi connectivity index (χ0v) is 12.5. The molecule has 0 aromatic heterocycles. The number of carbonyl (C=O) groups is 1. The zero-order chi connectivity index (χ0) is 13.0. The van der Waals surface area contributed by atoms with Gasteiger partial charge < -0.3 is 10.2 Å². The number of hydrogen-bond acceptors (Lipinski definition) is 2. The minimum absolute atomic E-state index is 0. The van der Waals surface area contributed by atoms with E-state index in [1.807, 2.05) is 30.1 Å². The molecular formula is C15H23ClN2O. The highest BCUT2D eigenvalue weighted by atomic mass is 35.5.